The molecular weight excluding hydrogens is 292 g/mol. The lowest BCUT2D eigenvalue weighted by molar-refractivity contribution is 0.112. The molecule has 0 aliphatic rings. The fraction of sp³-hybridized carbons (Fsp3) is 0.154. The van der Waals surface area contributed by atoms with Gasteiger partial charge in [-0.05, 0) is 13.8 Å². The number of thiazole rings is 2. The molecule has 0 N–H and O–H groups in total. The summed E-state index contributed by atoms with van der Waals surface area (Å²) in [6, 6.07) is 0. The highest BCUT2D eigenvalue weighted by molar-refractivity contribution is 7.17. The monoisotopic (exact) mass is 304 g/mol. The lowest BCUT2D eigenvalue weighted by Gasteiger charge is -1.76. The van der Waals surface area contributed by atoms with E-state index in [9.17, 15) is 4.79 Å². The Morgan fingerprint density at radius 2 is 1.85 bits per heavy atom. The molecule has 0 amide bonds. The molecule has 0 saturated heterocycles. The molecular formula is C13H12N4OS2. The molecule has 0 atom stereocenters. The maximum Gasteiger partial charge on any atom is 0.171 e. The number of imidazole rings is 2. The van der Waals surface area contributed by atoms with Gasteiger partial charge in [-0.2, -0.15) is 0 Å². The van der Waals surface area contributed by atoms with Gasteiger partial charge in [0.25, 0.3) is 0 Å². The van der Waals surface area contributed by atoms with Crippen LogP contribution in [0.4, 0.5) is 0 Å². The molecule has 102 valence electrons. The molecule has 0 aliphatic carbocycles. The number of fused-ring (bicyclic) bond motifs is 2. The summed E-state index contributed by atoms with van der Waals surface area (Å²) in [7, 11) is 0. The number of aromatic nitrogens is 4. The molecule has 0 aliphatic heterocycles. The highest BCUT2D eigenvalue weighted by Gasteiger charge is 2.04. The predicted molar refractivity (Wildman–Crippen MR) is 81.0 cm³/mol. The van der Waals surface area contributed by atoms with E-state index < -0.39 is 0 Å². The van der Waals surface area contributed by atoms with Gasteiger partial charge in [-0.15, -0.1) is 22.7 Å². The van der Waals surface area contributed by atoms with E-state index in [0.29, 0.717) is 5.69 Å². The Hall–Kier alpha value is -1.99. The van der Waals surface area contributed by atoms with Crippen molar-refractivity contribution in [3.05, 3.63) is 46.7 Å². The molecule has 0 spiro atoms. The number of rotatable bonds is 1. The lowest BCUT2D eigenvalue weighted by Crippen LogP contribution is -1.75. The Balaban J connectivity index is 0.000000123. The van der Waals surface area contributed by atoms with E-state index in [1.165, 1.54) is 14.6 Å². The Bertz CT molecular complexity index is 839. The molecule has 0 unspecified atom stereocenters. The van der Waals surface area contributed by atoms with Crippen LogP contribution in [0.5, 0.6) is 0 Å². The maximum atomic E-state index is 10.4. The fourth-order valence-electron chi connectivity index (χ4n) is 1.87. The minimum absolute atomic E-state index is 0.531. The van der Waals surface area contributed by atoms with Gasteiger partial charge >= 0.3 is 0 Å². The van der Waals surface area contributed by atoms with Gasteiger partial charge in [0.15, 0.2) is 6.29 Å². The fourth-order valence-corrected chi connectivity index (χ4v) is 3.57. The molecule has 0 fully saturated rings. The topological polar surface area (TPSA) is 51.7 Å². The predicted octanol–water partition coefficient (Wildman–Crippen LogP) is 3.22. The first-order chi connectivity index (χ1) is 9.67. The van der Waals surface area contributed by atoms with Crippen molar-refractivity contribution in [2.45, 2.75) is 13.8 Å². The number of hydrogen-bond donors (Lipinski definition) is 0. The molecule has 20 heavy (non-hydrogen) atoms. The van der Waals surface area contributed by atoms with E-state index in [2.05, 4.69) is 23.1 Å². The van der Waals surface area contributed by atoms with Crippen molar-refractivity contribution in [3.63, 3.8) is 0 Å². The minimum atomic E-state index is 0.531. The second-order valence-corrected chi connectivity index (χ2v) is 6.78. The van der Waals surface area contributed by atoms with Crippen molar-refractivity contribution < 1.29 is 4.79 Å². The Morgan fingerprint density at radius 1 is 1.10 bits per heavy atom. The van der Waals surface area contributed by atoms with Crippen LogP contribution in [0.15, 0.2) is 31.2 Å². The lowest BCUT2D eigenvalue weighted by atomic mass is 10.5. The van der Waals surface area contributed by atoms with E-state index in [-0.39, 0.29) is 0 Å². The summed E-state index contributed by atoms with van der Waals surface area (Å²) in [4.78, 5) is 23.0. The minimum Gasteiger partial charge on any atom is -0.297 e. The number of aldehydes is 1. The maximum absolute atomic E-state index is 10.4. The second-order valence-electron chi connectivity index (χ2n) is 4.28. The summed E-state index contributed by atoms with van der Waals surface area (Å²) >= 11 is 3.34. The van der Waals surface area contributed by atoms with Gasteiger partial charge < -0.3 is 0 Å². The van der Waals surface area contributed by atoms with Crippen LogP contribution >= 0.6 is 22.7 Å². The Labute approximate surface area is 123 Å². The van der Waals surface area contributed by atoms with Crippen molar-refractivity contribution in [2.75, 3.05) is 0 Å². The van der Waals surface area contributed by atoms with Gasteiger partial charge in [-0.1, -0.05) is 0 Å². The highest BCUT2D eigenvalue weighted by Crippen LogP contribution is 2.18. The number of nitrogens with zero attached hydrogens (tertiary/aromatic N) is 4. The van der Waals surface area contributed by atoms with Crippen LogP contribution in [0.2, 0.25) is 0 Å². The third-order valence-corrected chi connectivity index (χ3v) is 4.68. The summed E-state index contributed by atoms with van der Waals surface area (Å²) in [6.07, 6.45) is 10.2. The van der Waals surface area contributed by atoms with Crippen LogP contribution in [0, 0.1) is 13.8 Å². The van der Waals surface area contributed by atoms with Crippen molar-refractivity contribution in [2.24, 2.45) is 0 Å². The van der Waals surface area contributed by atoms with Crippen LogP contribution in [0.25, 0.3) is 9.66 Å². The van der Waals surface area contributed by atoms with Gasteiger partial charge in [-0.25, -0.2) is 9.97 Å². The quantitative estimate of drug-likeness (QED) is 0.507. The van der Waals surface area contributed by atoms with Crippen LogP contribution < -0.4 is 0 Å². The van der Waals surface area contributed by atoms with Crippen molar-refractivity contribution in [3.8, 4) is 0 Å². The van der Waals surface area contributed by atoms with Crippen molar-refractivity contribution in [1.29, 1.82) is 0 Å². The molecule has 4 aromatic heterocycles. The smallest absolute Gasteiger partial charge is 0.171 e. The van der Waals surface area contributed by atoms with Gasteiger partial charge in [-0.3, -0.25) is 13.6 Å². The summed E-state index contributed by atoms with van der Waals surface area (Å²) < 4.78 is 3.89. The Kier molecular flexibility index (Phi) is 3.37. The van der Waals surface area contributed by atoms with Crippen molar-refractivity contribution >= 4 is 38.6 Å². The van der Waals surface area contributed by atoms with Crippen molar-refractivity contribution in [1.82, 2.24) is 18.8 Å². The molecule has 5 nitrogen and oxygen atoms in total. The SMILES string of the molecule is Cc1cn2cnc(C=O)c2s1.Cc1cn2cncc2s1. The second kappa shape index (κ2) is 5.18. The summed E-state index contributed by atoms with van der Waals surface area (Å²) in [5.74, 6) is 0. The standard InChI is InChI=1S/C7H6N2OS.C6H6N2S/c1-5-2-9-4-8-6(3-10)7(9)11-5;1-5-3-8-4-7-2-6(8)9-5/h2-4H,1H3;2-4H,1H3. The first kappa shape index (κ1) is 13.0. The van der Waals surface area contributed by atoms with Crippen LogP contribution in [-0.4, -0.2) is 25.1 Å². The molecule has 7 heteroatoms. The third-order valence-electron chi connectivity index (χ3n) is 2.68. The zero-order valence-corrected chi connectivity index (χ0v) is 12.6. The summed E-state index contributed by atoms with van der Waals surface area (Å²) in [5.41, 5.74) is 0.531. The largest absolute Gasteiger partial charge is 0.297 e. The van der Waals surface area contributed by atoms with E-state index >= 15 is 0 Å². The molecule has 4 rings (SSSR count). The number of aryl methyl sites for hydroxylation is 2. The molecule has 4 heterocycles. The number of hydrogen-bond acceptors (Lipinski definition) is 5. The first-order valence-electron chi connectivity index (χ1n) is 5.94. The van der Waals surface area contributed by atoms with Crippen LogP contribution in [0.3, 0.4) is 0 Å². The third kappa shape index (κ3) is 2.37. The Morgan fingerprint density at radius 3 is 2.60 bits per heavy atom. The average molecular weight is 304 g/mol. The molecule has 0 saturated carbocycles. The average Bonchev–Trinajstić information content (AvgIpc) is 3.09. The van der Waals surface area contributed by atoms with E-state index in [4.69, 9.17) is 0 Å². The van der Waals surface area contributed by atoms with Gasteiger partial charge in [0.2, 0.25) is 0 Å². The number of carbonyl (C=O) groups excluding carboxylic acids is 1. The summed E-state index contributed by atoms with van der Waals surface area (Å²) in [5, 5.41) is 0. The molecule has 0 aromatic carbocycles. The highest BCUT2D eigenvalue weighted by atomic mass is 32.1. The normalized spacial score (nSPS) is 10.7. The summed E-state index contributed by atoms with van der Waals surface area (Å²) in [6.45, 7) is 4.10. The zero-order chi connectivity index (χ0) is 14.1. The number of carbonyl (C=O) groups is 1. The van der Waals surface area contributed by atoms with Gasteiger partial charge in [0, 0.05) is 22.1 Å². The first-order valence-corrected chi connectivity index (χ1v) is 7.57. The molecule has 4 aromatic rings. The van der Waals surface area contributed by atoms with Crippen LogP contribution in [0.1, 0.15) is 20.2 Å². The van der Waals surface area contributed by atoms with E-state index in [1.807, 2.05) is 34.4 Å². The van der Waals surface area contributed by atoms with Crippen LogP contribution in [-0.2, 0) is 0 Å². The molecule has 0 bridgehead atoms. The van der Waals surface area contributed by atoms with Gasteiger partial charge in [0.05, 0.1) is 12.5 Å². The van der Waals surface area contributed by atoms with E-state index in [1.54, 1.807) is 29.0 Å². The van der Waals surface area contributed by atoms with E-state index in [0.717, 1.165) is 11.1 Å². The zero-order valence-electron chi connectivity index (χ0n) is 11.0. The van der Waals surface area contributed by atoms with Gasteiger partial charge in [0.1, 0.15) is 21.7 Å². The molecule has 0 radical (unpaired) electrons.